The lowest BCUT2D eigenvalue weighted by atomic mass is 9.75. The first-order valence-corrected chi connectivity index (χ1v) is 7.37. The molecule has 4 nitrogen and oxygen atoms in total. The maximum absolute atomic E-state index is 4.16. The van der Waals surface area contributed by atoms with Crippen LogP contribution in [0.5, 0.6) is 0 Å². The molecule has 19 heavy (non-hydrogen) atoms. The van der Waals surface area contributed by atoms with Gasteiger partial charge in [-0.15, -0.1) is 0 Å². The molecule has 1 aliphatic rings. The van der Waals surface area contributed by atoms with Crippen molar-refractivity contribution in [2.24, 2.45) is 13.0 Å². The van der Waals surface area contributed by atoms with Crippen LogP contribution in [-0.2, 0) is 13.6 Å². The number of nitrogens with one attached hydrogen (secondary N) is 1. The maximum Gasteiger partial charge on any atom is 0.0945 e. The van der Waals surface area contributed by atoms with Crippen molar-refractivity contribution in [3.63, 3.8) is 0 Å². The summed E-state index contributed by atoms with van der Waals surface area (Å²) in [5, 5.41) is 3.64. The zero-order valence-corrected chi connectivity index (χ0v) is 12.8. The topological polar surface area (TPSA) is 33.1 Å². The second-order valence-electron chi connectivity index (χ2n) is 6.42. The SMILES string of the molecule is C[C@H]1CCC[C@](CNCc2cncn2C)(N(C)C)C1. The first-order valence-electron chi connectivity index (χ1n) is 7.37. The molecule has 0 radical (unpaired) electrons. The molecule has 2 atom stereocenters. The number of rotatable bonds is 5. The van der Waals surface area contributed by atoms with E-state index in [9.17, 15) is 0 Å². The molecule has 1 heterocycles. The van der Waals surface area contributed by atoms with E-state index in [0.717, 1.165) is 19.0 Å². The van der Waals surface area contributed by atoms with Crippen molar-refractivity contribution in [3.8, 4) is 0 Å². The molecule has 4 heteroatoms. The van der Waals surface area contributed by atoms with Gasteiger partial charge in [0.25, 0.3) is 0 Å². The smallest absolute Gasteiger partial charge is 0.0945 e. The van der Waals surface area contributed by atoms with Crippen molar-refractivity contribution < 1.29 is 0 Å². The number of imidazole rings is 1. The highest BCUT2D eigenvalue weighted by Crippen LogP contribution is 2.35. The van der Waals surface area contributed by atoms with Crippen molar-refractivity contribution >= 4 is 0 Å². The average molecular weight is 264 g/mol. The Morgan fingerprint density at radius 1 is 1.53 bits per heavy atom. The molecule has 1 aromatic rings. The van der Waals surface area contributed by atoms with Gasteiger partial charge >= 0.3 is 0 Å². The Bertz CT molecular complexity index is 399. The molecular formula is C15H28N4. The van der Waals surface area contributed by atoms with Crippen LogP contribution in [0.25, 0.3) is 0 Å². The number of nitrogens with zero attached hydrogens (tertiary/aromatic N) is 3. The number of aromatic nitrogens is 2. The normalized spacial score (nSPS) is 27.9. The van der Waals surface area contributed by atoms with Gasteiger partial charge in [0.05, 0.1) is 12.0 Å². The van der Waals surface area contributed by atoms with E-state index >= 15 is 0 Å². The summed E-state index contributed by atoms with van der Waals surface area (Å²) in [7, 11) is 6.50. The van der Waals surface area contributed by atoms with Crippen LogP contribution in [0.3, 0.4) is 0 Å². The second-order valence-corrected chi connectivity index (χ2v) is 6.42. The van der Waals surface area contributed by atoms with Gasteiger partial charge in [-0.25, -0.2) is 4.98 Å². The minimum atomic E-state index is 0.330. The molecule has 0 aliphatic heterocycles. The van der Waals surface area contributed by atoms with Gasteiger partial charge in [-0.05, 0) is 32.9 Å². The minimum Gasteiger partial charge on any atom is -0.337 e. The molecule has 1 aliphatic carbocycles. The lowest BCUT2D eigenvalue weighted by molar-refractivity contribution is 0.0748. The Kier molecular flexibility index (Phi) is 4.63. The van der Waals surface area contributed by atoms with Crippen LogP contribution in [0.4, 0.5) is 0 Å². The first-order chi connectivity index (χ1) is 9.03. The highest BCUT2D eigenvalue weighted by Gasteiger charge is 2.36. The van der Waals surface area contributed by atoms with Gasteiger partial charge in [-0.1, -0.05) is 19.8 Å². The predicted molar refractivity (Wildman–Crippen MR) is 79.0 cm³/mol. The molecule has 0 spiro atoms. The van der Waals surface area contributed by atoms with Crippen molar-refractivity contribution in [1.82, 2.24) is 19.8 Å². The lowest BCUT2D eigenvalue weighted by Crippen LogP contribution is -2.54. The number of hydrogen-bond acceptors (Lipinski definition) is 3. The molecule has 1 aromatic heterocycles. The molecular weight excluding hydrogens is 236 g/mol. The molecule has 1 saturated carbocycles. The summed E-state index contributed by atoms with van der Waals surface area (Å²) in [6.45, 7) is 4.36. The van der Waals surface area contributed by atoms with E-state index in [4.69, 9.17) is 0 Å². The number of hydrogen-bond donors (Lipinski definition) is 1. The van der Waals surface area contributed by atoms with Gasteiger partial charge in [-0.3, -0.25) is 0 Å². The predicted octanol–water partition coefficient (Wildman–Crippen LogP) is 2.02. The van der Waals surface area contributed by atoms with Gasteiger partial charge in [0.15, 0.2) is 0 Å². The van der Waals surface area contributed by atoms with E-state index in [2.05, 4.69) is 47.8 Å². The van der Waals surface area contributed by atoms with E-state index in [0.29, 0.717) is 5.54 Å². The number of likely N-dealkylation sites (N-methyl/N-ethyl adjacent to an activating group) is 1. The third kappa shape index (κ3) is 3.37. The lowest BCUT2D eigenvalue weighted by Gasteiger charge is -2.45. The largest absolute Gasteiger partial charge is 0.337 e. The van der Waals surface area contributed by atoms with Crippen LogP contribution in [0.2, 0.25) is 0 Å². The average Bonchev–Trinajstić information content (AvgIpc) is 2.75. The van der Waals surface area contributed by atoms with Crippen molar-refractivity contribution in [2.75, 3.05) is 20.6 Å². The standard InChI is InChI=1S/C15H28N4/c1-13-6-5-7-15(8-13,18(2)3)11-16-9-14-10-17-12-19(14)4/h10,12-13,16H,5-9,11H2,1-4H3/t13-,15-/m0/s1. The van der Waals surface area contributed by atoms with Crippen LogP contribution in [0.1, 0.15) is 38.3 Å². The fourth-order valence-electron chi connectivity index (χ4n) is 3.34. The van der Waals surface area contributed by atoms with E-state index < -0.39 is 0 Å². The summed E-state index contributed by atoms with van der Waals surface area (Å²) in [6, 6.07) is 0. The van der Waals surface area contributed by atoms with Crippen molar-refractivity contribution in [3.05, 3.63) is 18.2 Å². The molecule has 0 unspecified atom stereocenters. The van der Waals surface area contributed by atoms with Crippen LogP contribution in [-0.4, -0.2) is 40.6 Å². The highest BCUT2D eigenvalue weighted by molar-refractivity contribution is 4.99. The zero-order chi connectivity index (χ0) is 13.9. The molecule has 1 N–H and O–H groups in total. The Morgan fingerprint density at radius 3 is 2.89 bits per heavy atom. The summed E-state index contributed by atoms with van der Waals surface area (Å²) < 4.78 is 2.08. The molecule has 0 amide bonds. The van der Waals surface area contributed by atoms with Gasteiger partial charge < -0.3 is 14.8 Å². The molecule has 2 rings (SSSR count). The summed E-state index contributed by atoms with van der Waals surface area (Å²) in [6.07, 6.45) is 9.16. The fourth-order valence-corrected chi connectivity index (χ4v) is 3.34. The Morgan fingerprint density at radius 2 is 2.32 bits per heavy atom. The zero-order valence-electron chi connectivity index (χ0n) is 12.8. The van der Waals surface area contributed by atoms with Gasteiger partial charge in [0.1, 0.15) is 0 Å². The summed E-state index contributed by atoms with van der Waals surface area (Å²) in [4.78, 5) is 6.59. The molecule has 1 fully saturated rings. The minimum absolute atomic E-state index is 0.330. The van der Waals surface area contributed by atoms with Gasteiger partial charge in [0.2, 0.25) is 0 Å². The Hall–Kier alpha value is -0.870. The fraction of sp³-hybridized carbons (Fsp3) is 0.800. The van der Waals surface area contributed by atoms with Gasteiger partial charge in [-0.2, -0.15) is 0 Å². The monoisotopic (exact) mass is 264 g/mol. The third-order valence-electron chi connectivity index (χ3n) is 4.69. The molecule has 0 saturated heterocycles. The Labute approximate surface area is 117 Å². The maximum atomic E-state index is 4.16. The first kappa shape index (κ1) is 14.5. The summed E-state index contributed by atoms with van der Waals surface area (Å²) in [5.41, 5.74) is 1.58. The van der Waals surface area contributed by atoms with E-state index in [1.54, 1.807) is 0 Å². The molecule has 0 bridgehead atoms. The number of aryl methyl sites for hydroxylation is 1. The van der Waals surface area contributed by atoms with E-state index in [-0.39, 0.29) is 0 Å². The molecule has 108 valence electrons. The van der Waals surface area contributed by atoms with E-state index in [1.807, 2.05) is 12.5 Å². The summed E-state index contributed by atoms with van der Waals surface area (Å²) in [5.74, 6) is 0.842. The van der Waals surface area contributed by atoms with Crippen molar-refractivity contribution in [1.29, 1.82) is 0 Å². The molecule has 0 aromatic carbocycles. The van der Waals surface area contributed by atoms with Crippen LogP contribution in [0.15, 0.2) is 12.5 Å². The second kappa shape index (κ2) is 6.06. The van der Waals surface area contributed by atoms with Gasteiger partial charge in [0, 0.05) is 31.9 Å². The third-order valence-corrected chi connectivity index (χ3v) is 4.69. The van der Waals surface area contributed by atoms with Crippen LogP contribution < -0.4 is 5.32 Å². The van der Waals surface area contributed by atoms with Crippen LogP contribution >= 0.6 is 0 Å². The van der Waals surface area contributed by atoms with E-state index in [1.165, 1.54) is 31.4 Å². The highest BCUT2D eigenvalue weighted by atomic mass is 15.2. The van der Waals surface area contributed by atoms with Crippen molar-refractivity contribution in [2.45, 2.75) is 44.7 Å². The Balaban J connectivity index is 1.92. The summed E-state index contributed by atoms with van der Waals surface area (Å²) >= 11 is 0. The quantitative estimate of drug-likeness (QED) is 0.883. The van der Waals surface area contributed by atoms with Crippen LogP contribution in [0, 0.1) is 5.92 Å².